The van der Waals surface area contributed by atoms with Gasteiger partial charge in [-0.3, -0.25) is 9.59 Å². The van der Waals surface area contributed by atoms with E-state index in [0.717, 1.165) is 32.1 Å². The molecule has 0 radical (unpaired) electrons. The topological polar surface area (TPSA) is 64.6 Å². The summed E-state index contributed by atoms with van der Waals surface area (Å²) in [5.41, 5.74) is 0. The van der Waals surface area contributed by atoms with Crippen LogP contribution in [0.15, 0.2) is 24.3 Å². The highest BCUT2D eigenvalue weighted by atomic mass is 16.5. The van der Waals surface area contributed by atoms with Crippen molar-refractivity contribution in [1.82, 2.24) is 5.32 Å². The lowest BCUT2D eigenvalue weighted by Crippen LogP contribution is -2.39. The summed E-state index contributed by atoms with van der Waals surface area (Å²) in [6.45, 7) is 5.55. The summed E-state index contributed by atoms with van der Waals surface area (Å²) in [5, 5.41) is 3.11. The average molecular weight is 396 g/mol. The number of hydrogen-bond acceptors (Lipinski definition) is 5. The first-order valence-electron chi connectivity index (χ1n) is 11.0. The minimum Gasteiger partial charge on any atom is -0.467 e. The summed E-state index contributed by atoms with van der Waals surface area (Å²) in [6, 6.07) is -0.320. The Morgan fingerprint density at radius 2 is 1.61 bits per heavy atom. The second-order valence-electron chi connectivity index (χ2n) is 6.89. The summed E-state index contributed by atoms with van der Waals surface area (Å²) in [5.74, 6) is -0.223. The van der Waals surface area contributed by atoms with E-state index in [1.54, 1.807) is 6.92 Å². The number of allylic oxidation sites excluding steroid dienone is 4. The maximum atomic E-state index is 12.0. The molecular weight excluding hydrogens is 354 g/mol. The predicted octanol–water partition coefficient (Wildman–Crippen LogP) is 5.10. The fourth-order valence-electron chi connectivity index (χ4n) is 2.87. The zero-order chi connectivity index (χ0) is 20.7. The zero-order valence-corrected chi connectivity index (χ0v) is 18.0. The summed E-state index contributed by atoms with van der Waals surface area (Å²) in [4.78, 5) is 22.1. The molecule has 5 nitrogen and oxygen atoms in total. The average Bonchev–Trinajstić information content (AvgIpc) is 2.70. The molecule has 0 aliphatic rings. The Balaban J connectivity index is 3.73. The summed E-state index contributed by atoms with van der Waals surface area (Å²) >= 11 is 0. The van der Waals surface area contributed by atoms with Crippen LogP contribution in [0.2, 0.25) is 0 Å². The second kappa shape index (κ2) is 21.7. The van der Waals surface area contributed by atoms with Gasteiger partial charge in [0.25, 0.3) is 6.47 Å². The molecule has 0 amide bonds. The van der Waals surface area contributed by atoms with Gasteiger partial charge in [-0.15, -0.1) is 0 Å². The first-order valence-corrected chi connectivity index (χ1v) is 11.0. The van der Waals surface area contributed by atoms with Gasteiger partial charge in [-0.05, 0) is 45.4 Å². The van der Waals surface area contributed by atoms with Crippen molar-refractivity contribution < 1.29 is 19.1 Å². The smallest absolute Gasteiger partial charge is 0.323 e. The monoisotopic (exact) mass is 395 g/mol. The molecule has 0 aliphatic carbocycles. The molecule has 5 heteroatoms. The molecule has 162 valence electrons. The zero-order valence-electron chi connectivity index (χ0n) is 18.0. The molecule has 0 aromatic rings. The number of unbranched alkanes of at least 4 members (excludes halogenated alkanes) is 7. The number of nitrogens with one attached hydrogen (secondary N) is 1. The third kappa shape index (κ3) is 17.8. The van der Waals surface area contributed by atoms with Gasteiger partial charge in [-0.1, -0.05) is 63.3 Å². The van der Waals surface area contributed by atoms with Gasteiger partial charge in [0.05, 0.1) is 6.61 Å². The van der Waals surface area contributed by atoms with Crippen LogP contribution in [-0.4, -0.2) is 38.2 Å². The number of carbonyl (C=O) groups excluding carboxylic acids is 2. The van der Waals surface area contributed by atoms with E-state index in [1.807, 2.05) is 0 Å². The highest BCUT2D eigenvalue weighted by Gasteiger charge is 2.18. The third-order valence-electron chi connectivity index (χ3n) is 4.44. The van der Waals surface area contributed by atoms with Crippen LogP contribution in [0.3, 0.4) is 0 Å². The van der Waals surface area contributed by atoms with E-state index in [2.05, 4.69) is 41.3 Å². The third-order valence-corrected chi connectivity index (χ3v) is 4.44. The molecule has 0 aromatic heterocycles. The van der Waals surface area contributed by atoms with Gasteiger partial charge >= 0.3 is 5.97 Å². The van der Waals surface area contributed by atoms with Crippen LogP contribution < -0.4 is 5.32 Å². The Kier molecular flexibility index (Phi) is 20.4. The van der Waals surface area contributed by atoms with Crippen LogP contribution in [0.25, 0.3) is 0 Å². The molecule has 0 aliphatic heterocycles. The molecule has 1 N–H and O–H groups in total. The molecule has 28 heavy (non-hydrogen) atoms. The minimum atomic E-state index is -0.320. The molecule has 0 aromatic carbocycles. The lowest BCUT2D eigenvalue weighted by Gasteiger charge is -2.16. The maximum Gasteiger partial charge on any atom is 0.323 e. The van der Waals surface area contributed by atoms with Crippen LogP contribution in [0.5, 0.6) is 0 Å². The van der Waals surface area contributed by atoms with Crippen molar-refractivity contribution in [3.05, 3.63) is 24.3 Å². The van der Waals surface area contributed by atoms with Gasteiger partial charge in [-0.2, -0.15) is 0 Å². The maximum absolute atomic E-state index is 12.0. The number of esters is 1. The minimum absolute atomic E-state index is 0.223. The predicted molar refractivity (Wildman–Crippen MR) is 115 cm³/mol. The SMILES string of the molecule is CCCCC/C=C\C/C=C\CCCCCCC(NCCOC=O)C(=O)OCC. The normalized spacial score (nSPS) is 12.5. The summed E-state index contributed by atoms with van der Waals surface area (Å²) in [7, 11) is 0. The van der Waals surface area contributed by atoms with Crippen molar-refractivity contribution >= 4 is 12.4 Å². The molecule has 1 atom stereocenters. The molecular formula is C23H41NO4. The Labute approximate surface area is 171 Å². The van der Waals surface area contributed by atoms with E-state index in [1.165, 1.54) is 38.5 Å². The molecule has 1 unspecified atom stereocenters. The van der Waals surface area contributed by atoms with Crippen LogP contribution in [0.4, 0.5) is 0 Å². The molecule has 0 heterocycles. The fourth-order valence-corrected chi connectivity index (χ4v) is 2.87. The summed E-state index contributed by atoms with van der Waals surface area (Å²) < 4.78 is 9.75. The van der Waals surface area contributed by atoms with Gasteiger partial charge in [0.1, 0.15) is 12.6 Å². The van der Waals surface area contributed by atoms with Gasteiger partial charge in [0.2, 0.25) is 0 Å². The van der Waals surface area contributed by atoms with Crippen molar-refractivity contribution in [2.45, 2.75) is 90.5 Å². The molecule has 0 rings (SSSR count). The van der Waals surface area contributed by atoms with Crippen LogP contribution in [-0.2, 0) is 19.1 Å². The molecule has 0 saturated heterocycles. The number of hydrogen-bond donors (Lipinski definition) is 1. The highest BCUT2D eigenvalue weighted by Crippen LogP contribution is 2.09. The van der Waals surface area contributed by atoms with E-state index in [0.29, 0.717) is 19.6 Å². The molecule has 0 spiro atoms. The second-order valence-corrected chi connectivity index (χ2v) is 6.89. The van der Waals surface area contributed by atoms with Crippen molar-refractivity contribution in [2.75, 3.05) is 19.8 Å². The highest BCUT2D eigenvalue weighted by molar-refractivity contribution is 5.75. The van der Waals surface area contributed by atoms with E-state index < -0.39 is 0 Å². The Hall–Kier alpha value is -1.62. The Morgan fingerprint density at radius 1 is 0.929 bits per heavy atom. The number of ether oxygens (including phenoxy) is 2. The first-order chi connectivity index (χ1) is 13.8. The van der Waals surface area contributed by atoms with E-state index >= 15 is 0 Å². The molecule has 0 saturated carbocycles. The van der Waals surface area contributed by atoms with Crippen molar-refractivity contribution in [1.29, 1.82) is 0 Å². The van der Waals surface area contributed by atoms with Crippen molar-refractivity contribution in [3.63, 3.8) is 0 Å². The number of rotatable bonds is 20. The summed E-state index contributed by atoms with van der Waals surface area (Å²) in [6.07, 6.45) is 21.5. The van der Waals surface area contributed by atoms with E-state index in [9.17, 15) is 9.59 Å². The van der Waals surface area contributed by atoms with Crippen molar-refractivity contribution in [3.8, 4) is 0 Å². The fraction of sp³-hybridized carbons (Fsp3) is 0.739. The van der Waals surface area contributed by atoms with E-state index in [-0.39, 0.29) is 18.6 Å². The molecule has 0 fully saturated rings. The van der Waals surface area contributed by atoms with Crippen LogP contribution in [0.1, 0.15) is 84.5 Å². The van der Waals surface area contributed by atoms with Crippen LogP contribution >= 0.6 is 0 Å². The van der Waals surface area contributed by atoms with Gasteiger partial charge in [-0.25, -0.2) is 0 Å². The van der Waals surface area contributed by atoms with E-state index in [4.69, 9.17) is 4.74 Å². The Morgan fingerprint density at radius 3 is 2.25 bits per heavy atom. The van der Waals surface area contributed by atoms with Gasteiger partial charge in [0, 0.05) is 6.54 Å². The lowest BCUT2D eigenvalue weighted by molar-refractivity contribution is -0.145. The largest absolute Gasteiger partial charge is 0.467 e. The van der Waals surface area contributed by atoms with Gasteiger partial charge in [0.15, 0.2) is 0 Å². The first kappa shape index (κ1) is 26.4. The quantitative estimate of drug-likeness (QED) is 0.134. The number of carbonyl (C=O) groups is 2. The Bertz CT molecular complexity index is 421. The van der Waals surface area contributed by atoms with Gasteiger partial charge < -0.3 is 14.8 Å². The lowest BCUT2D eigenvalue weighted by atomic mass is 10.1. The van der Waals surface area contributed by atoms with Crippen LogP contribution in [0, 0.1) is 0 Å². The molecule has 0 bridgehead atoms. The standard InChI is InChI=1S/C23H41NO4/c1-3-5-6-7-8-9-10-11-12-13-14-15-16-17-18-22(23(26)28-4-2)24-19-20-27-21-25/h8-9,11-12,21-22,24H,3-7,10,13-20H2,1-2H3/b9-8-,12-11-. The van der Waals surface area contributed by atoms with Crippen molar-refractivity contribution in [2.24, 2.45) is 0 Å².